The SMILES string of the molecule is CNc1nc(NCCCO)c2[nH]cnc2n1. The highest BCUT2D eigenvalue weighted by molar-refractivity contribution is 5.83. The van der Waals surface area contributed by atoms with E-state index in [-0.39, 0.29) is 6.61 Å². The molecule has 2 rings (SSSR count). The standard InChI is InChI=1S/C9H14N6O/c1-10-9-14-7(11-3-2-4-16)6-8(15-9)13-5-12-6/h5,16H,2-4H2,1H3,(H3,10,11,12,13,14,15). The summed E-state index contributed by atoms with van der Waals surface area (Å²) >= 11 is 0. The van der Waals surface area contributed by atoms with Crippen LogP contribution in [-0.2, 0) is 0 Å². The Hall–Kier alpha value is -1.89. The van der Waals surface area contributed by atoms with Gasteiger partial charge in [-0.1, -0.05) is 0 Å². The maximum absolute atomic E-state index is 8.71. The van der Waals surface area contributed by atoms with E-state index >= 15 is 0 Å². The van der Waals surface area contributed by atoms with Gasteiger partial charge in [0.15, 0.2) is 11.5 Å². The van der Waals surface area contributed by atoms with E-state index in [2.05, 4.69) is 30.6 Å². The molecule has 0 aliphatic carbocycles. The van der Waals surface area contributed by atoms with Gasteiger partial charge in [0.2, 0.25) is 5.95 Å². The van der Waals surface area contributed by atoms with Gasteiger partial charge >= 0.3 is 0 Å². The zero-order valence-electron chi connectivity index (χ0n) is 8.99. The second-order valence-electron chi connectivity index (χ2n) is 3.25. The third kappa shape index (κ3) is 2.03. The van der Waals surface area contributed by atoms with Crippen molar-refractivity contribution in [2.24, 2.45) is 0 Å². The maximum Gasteiger partial charge on any atom is 0.226 e. The van der Waals surface area contributed by atoms with E-state index in [1.807, 2.05) is 0 Å². The fraction of sp³-hybridized carbons (Fsp3) is 0.444. The fourth-order valence-electron chi connectivity index (χ4n) is 1.36. The number of aliphatic hydroxyl groups excluding tert-OH is 1. The second kappa shape index (κ2) is 4.75. The van der Waals surface area contributed by atoms with Gasteiger partial charge in [0, 0.05) is 20.2 Å². The normalized spacial score (nSPS) is 10.6. The van der Waals surface area contributed by atoms with Crippen LogP contribution in [0.4, 0.5) is 11.8 Å². The van der Waals surface area contributed by atoms with Crippen LogP contribution in [0, 0.1) is 0 Å². The number of rotatable bonds is 5. The van der Waals surface area contributed by atoms with E-state index in [0.717, 1.165) is 5.52 Å². The molecular weight excluding hydrogens is 208 g/mol. The Kier molecular flexibility index (Phi) is 3.16. The molecule has 0 bridgehead atoms. The molecule has 2 aromatic rings. The minimum absolute atomic E-state index is 0.156. The monoisotopic (exact) mass is 222 g/mol. The molecule has 2 heterocycles. The van der Waals surface area contributed by atoms with Crippen molar-refractivity contribution >= 4 is 22.9 Å². The average molecular weight is 222 g/mol. The summed E-state index contributed by atoms with van der Waals surface area (Å²) < 4.78 is 0. The van der Waals surface area contributed by atoms with Crippen molar-refractivity contribution < 1.29 is 5.11 Å². The van der Waals surface area contributed by atoms with E-state index < -0.39 is 0 Å². The summed E-state index contributed by atoms with van der Waals surface area (Å²) in [5.74, 6) is 1.21. The molecule has 4 N–H and O–H groups in total. The van der Waals surface area contributed by atoms with Gasteiger partial charge in [-0.2, -0.15) is 9.97 Å². The summed E-state index contributed by atoms with van der Waals surface area (Å²) in [5, 5.41) is 14.7. The van der Waals surface area contributed by atoms with Crippen LogP contribution in [-0.4, -0.2) is 45.2 Å². The Balaban J connectivity index is 2.29. The number of nitrogens with one attached hydrogen (secondary N) is 3. The molecule has 0 aliphatic heterocycles. The summed E-state index contributed by atoms with van der Waals surface area (Å²) in [5.41, 5.74) is 1.39. The molecule has 0 amide bonds. The number of hydrogen-bond donors (Lipinski definition) is 4. The van der Waals surface area contributed by atoms with Gasteiger partial charge in [0.25, 0.3) is 0 Å². The number of fused-ring (bicyclic) bond motifs is 1. The van der Waals surface area contributed by atoms with Gasteiger partial charge in [0.05, 0.1) is 6.33 Å². The third-order valence-electron chi connectivity index (χ3n) is 2.14. The second-order valence-corrected chi connectivity index (χ2v) is 3.25. The molecule has 0 unspecified atom stereocenters. The van der Waals surface area contributed by atoms with Crippen molar-refractivity contribution in [1.29, 1.82) is 0 Å². The number of hydrogen-bond acceptors (Lipinski definition) is 6. The summed E-state index contributed by atoms with van der Waals surface area (Å²) in [4.78, 5) is 15.5. The number of H-pyrrole nitrogens is 1. The Morgan fingerprint density at radius 2 is 2.31 bits per heavy atom. The van der Waals surface area contributed by atoms with Gasteiger partial charge in [-0.15, -0.1) is 0 Å². The minimum atomic E-state index is 0.156. The maximum atomic E-state index is 8.71. The van der Waals surface area contributed by atoms with E-state index in [0.29, 0.717) is 30.4 Å². The van der Waals surface area contributed by atoms with Crippen LogP contribution in [0.2, 0.25) is 0 Å². The van der Waals surface area contributed by atoms with Crippen LogP contribution < -0.4 is 10.6 Å². The van der Waals surface area contributed by atoms with Crippen LogP contribution in [0.15, 0.2) is 6.33 Å². The Morgan fingerprint density at radius 3 is 3.06 bits per heavy atom. The first-order valence-electron chi connectivity index (χ1n) is 5.08. The summed E-state index contributed by atoms with van der Waals surface area (Å²) in [6.07, 6.45) is 2.25. The quantitative estimate of drug-likeness (QED) is 0.539. The Bertz CT molecular complexity index is 468. The minimum Gasteiger partial charge on any atom is -0.396 e. The van der Waals surface area contributed by atoms with Crippen molar-refractivity contribution in [3.63, 3.8) is 0 Å². The van der Waals surface area contributed by atoms with Crippen LogP contribution >= 0.6 is 0 Å². The molecule has 0 radical (unpaired) electrons. The van der Waals surface area contributed by atoms with Crippen LogP contribution in [0.1, 0.15) is 6.42 Å². The predicted octanol–water partition coefficient (Wildman–Crippen LogP) is 0.189. The smallest absolute Gasteiger partial charge is 0.226 e. The topological polar surface area (TPSA) is 98.8 Å². The predicted molar refractivity (Wildman–Crippen MR) is 61.4 cm³/mol. The molecule has 2 aromatic heterocycles. The zero-order valence-corrected chi connectivity index (χ0v) is 8.99. The average Bonchev–Trinajstić information content (AvgIpc) is 2.77. The summed E-state index contributed by atoms with van der Waals surface area (Å²) in [6.45, 7) is 0.813. The van der Waals surface area contributed by atoms with E-state index in [1.54, 1.807) is 13.4 Å². The molecule has 86 valence electrons. The number of imidazole rings is 1. The van der Waals surface area contributed by atoms with Gasteiger partial charge in [-0.3, -0.25) is 0 Å². The van der Waals surface area contributed by atoms with Gasteiger partial charge < -0.3 is 20.7 Å². The molecule has 7 heteroatoms. The molecular formula is C9H14N6O. The van der Waals surface area contributed by atoms with Crippen molar-refractivity contribution in [3.05, 3.63) is 6.33 Å². The number of aliphatic hydroxyl groups is 1. The highest BCUT2D eigenvalue weighted by atomic mass is 16.3. The third-order valence-corrected chi connectivity index (χ3v) is 2.14. The van der Waals surface area contributed by atoms with E-state index in [1.165, 1.54) is 0 Å². The molecule has 0 aromatic carbocycles. The lowest BCUT2D eigenvalue weighted by molar-refractivity contribution is 0.292. The number of aromatic nitrogens is 4. The molecule has 16 heavy (non-hydrogen) atoms. The molecule has 0 saturated heterocycles. The van der Waals surface area contributed by atoms with E-state index in [4.69, 9.17) is 5.11 Å². The summed E-state index contributed by atoms with van der Waals surface area (Å²) in [7, 11) is 1.76. The molecule has 0 saturated carbocycles. The molecule has 0 fully saturated rings. The number of anilines is 2. The lowest BCUT2D eigenvalue weighted by atomic mass is 10.4. The molecule has 0 atom stereocenters. The van der Waals surface area contributed by atoms with Crippen molar-refractivity contribution in [2.75, 3.05) is 30.8 Å². The van der Waals surface area contributed by atoms with Gasteiger partial charge in [0.1, 0.15) is 5.52 Å². The van der Waals surface area contributed by atoms with Crippen molar-refractivity contribution in [3.8, 4) is 0 Å². The van der Waals surface area contributed by atoms with Crippen LogP contribution in [0.5, 0.6) is 0 Å². The molecule has 0 aliphatic rings. The van der Waals surface area contributed by atoms with Crippen LogP contribution in [0.25, 0.3) is 11.2 Å². The highest BCUT2D eigenvalue weighted by Gasteiger charge is 2.08. The lowest BCUT2D eigenvalue weighted by Crippen LogP contribution is -2.08. The first-order valence-corrected chi connectivity index (χ1v) is 5.08. The number of aromatic amines is 1. The zero-order chi connectivity index (χ0) is 11.4. The Morgan fingerprint density at radius 1 is 1.44 bits per heavy atom. The molecule has 0 spiro atoms. The van der Waals surface area contributed by atoms with Crippen molar-refractivity contribution in [2.45, 2.75) is 6.42 Å². The first kappa shape index (κ1) is 10.6. The largest absolute Gasteiger partial charge is 0.396 e. The summed E-state index contributed by atoms with van der Waals surface area (Å²) in [6, 6.07) is 0. The van der Waals surface area contributed by atoms with Gasteiger partial charge in [-0.25, -0.2) is 4.98 Å². The van der Waals surface area contributed by atoms with Crippen molar-refractivity contribution in [1.82, 2.24) is 19.9 Å². The first-order chi connectivity index (χ1) is 7.85. The molecule has 7 nitrogen and oxygen atoms in total. The van der Waals surface area contributed by atoms with Crippen LogP contribution in [0.3, 0.4) is 0 Å². The van der Waals surface area contributed by atoms with E-state index in [9.17, 15) is 0 Å². The fourth-order valence-corrected chi connectivity index (χ4v) is 1.36. The lowest BCUT2D eigenvalue weighted by Gasteiger charge is -2.06. The Labute approximate surface area is 92.3 Å². The van der Waals surface area contributed by atoms with Gasteiger partial charge in [-0.05, 0) is 6.42 Å². The number of nitrogens with zero attached hydrogens (tertiary/aromatic N) is 3. The highest BCUT2D eigenvalue weighted by Crippen LogP contribution is 2.17.